The summed E-state index contributed by atoms with van der Waals surface area (Å²) >= 11 is 0. The summed E-state index contributed by atoms with van der Waals surface area (Å²) in [6.45, 7) is 1.86. The molecule has 0 bridgehead atoms. The molecule has 0 spiro atoms. The number of nitrogens with one attached hydrogen (secondary N) is 1. The smallest absolute Gasteiger partial charge is 0.231 e. The van der Waals surface area contributed by atoms with Crippen LogP contribution in [0.5, 0.6) is 0 Å². The van der Waals surface area contributed by atoms with Gasteiger partial charge in [0.2, 0.25) is 5.89 Å². The van der Waals surface area contributed by atoms with Gasteiger partial charge >= 0.3 is 0 Å². The van der Waals surface area contributed by atoms with Crippen LogP contribution in [0, 0.1) is 5.82 Å². The average molecular weight is 247 g/mol. The van der Waals surface area contributed by atoms with Gasteiger partial charge in [0.15, 0.2) is 5.82 Å². The maximum Gasteiger partial charge on any atom is 0.231 e. The van der Waals surface area contributed by atoms with E-state index in [9.17, 15) is 4.39 Å². The Bertz CT molecular complexity index is 535. The lowest BCUT2D eigenvalue weighted by molar-refractivity contribution is 0.355. The molecule has 1 aromatic heterocycles. The summed E-state index contributed by atoms with van der Waals surface area (Å²) in [5.41, 5.74) is 0.592. The van der Waals surface area contributed by atoms with Gasteiger partial charge in [-0.1, -0.05) is 23.4 Å². The molecule has 5 heteroatoms. The Kier molecular flexibility index (Phi) is 3.06. The maximum absolute atomic E-state index is 13.5. The van der Waals surface area contributed by atoms with E-state index in [1.54, 1.807) is 18.2 Å². The van der Waals surface area contributed by atoms with E-state index in [0.29, 0.717) is 29.6 Å². The molecule has 1 aliphatic heterocycles. The number of aromatic nitrogens is 2. The molecule has 2 heterocycles. The van der Waals surface area contributed by atoms with Crippen LogP contribution >= 0.6 is 0 Å². The van der Waals surface area contributed by atoms with Crippen LogP contribution in [-0.4, -0.2) is 23.2 Å². The van der Waals surface area contributed by atoms with Crippen molar-refractivity contribution in [1.29, 1.82) is 0 Å². The second-order valence-corrected chi connectivity index (χ2v) is 4.51. The van der Waals surface area contributed by atoms with Crippen LogP contribution in [0.1, 0.15) is 29.6 Å². The van der Waals surface area contributed by atoms with Crippen molar-refractivity contribution in [3.05, 3.63) is 47.4 Å². The van der Waals surface area contributed by atoms with E-state index in [-0.39, 0.29) is 5.82 Å². The first-order valence-electron chi connectivity index (χ1n) is 6.09. The molecule has 94 valence electrons. The Morgan fingerprint density at radius 2 is 2.28 bits per heavy atom. The minimum Gasteiger partial charge on any atom is -0.339 e. The van der Waals surface area contributed by atoms with Crippen LogP contribution in [-0.2, 0) is 6.42 Å². The number of rotatable bonds is 3. The van der Waals surface area contributed by atoms with Crippen molar-refractivity contribution >= 4 is 0 Å². The summed E-state index contributed by atoms with van der Waals surface area (Å²) in [5, 5.41) is 7.17. The van der Waals surface area contributed by atoms with Gasteiger partial charge in [0, 0.05) is 13.0 Å². The van der Waals surface area contributed by atoms with Crippen LogP contribution < -0.4 is 5.32 Å². The van der Waals surface area contributed by atoms with E-state index in [4.69, 9.17) is 4.52 Å². The minimum absolute atomic E-state index is 0.230. The van der Waals surface area contributed by atoms with Crippen LogP contribution in [0.2, 0.25) is 0 Å². The van der Waals surface area contributed by atoms with Crippen LogP contribution in [0.3, 0.4) is 0 Å². The van der Waals surface area contributed by atoms with E-state index < -0.39 is 0 Å². The Hall–Kier alpha value is -1.75. The van der Waals surface area contributed by atoms with E-state index in [1.807, 2.05) is 0 Å². The molecule has 0 radical (unpaired) electrons. The van der Waals surface area contributed by atoms with Crippen molar-refractivity contribution in [2.24, 2.45) is 0 Å². The summed E-state index contributed by atoms with van der Waals surface area (Å²) in [5.74, 6) is 1.27. The molecule has 2 aromatic rings. The molecule has 1 fully saturated rings. The lowest BCUT2D eigenvalue weighted by Crippen LogP contribution is -2.08. The quantitative estimate of drug-likeness (QED) is 0.899. The third-order valence-corrected chi connectivity index (χ3v) is 3.20. The van der Waals surface area contributed by atoms with Crippen LogP contribution in [0.4, 0.5) is 4.39 Å². The van der Waals surface area contributed by atoms with Gasteiger partial charge in [0.05, 0.1) is 5.92 Å². The number of hydrogen-bond acceptors (Lipinski definition) is 4. The van der Waals surface area contributed by atoms with Gasteiger partial charge in [0.1, 0.15) is 5.82 Å². The summed E-state index contributed by atoms with van der Waals surface area (Å²) < 4.78 is 18.7. The molecule has 1 aliphatic rings. The monoisotopic (exact) mass is 247 g/mol. The van der Waals surface area contributed by atoms with Gasteiger partial charge in [-0.15, -0.1) is 0 Å². The first kappa shape index (κ1) is 11.3. The first-order valence-corrected chi connectivity index (χ1v) is 6.09. The number of benzene rings is 1. The Morgan fingerprint density at radius 3 is 3.06 bits per heavy atom. The molecule has 1 N–H and O–H groups in total. The van der Waals surface area contributed by atoms with Gasteiger partial charge < -0.3 is 9.84 Å². The lowest BCUT2D eigenvalue weighted by atomic mass is 10.1. The highest BCUT2D eigenvalue weighted by Crippen LogP contribution is 2.21. The zero-order valence-corrected chi connectivity index (χ0v) is 9.90. The average Bonchev–Trinajstić information content (AvgIpc) is 3.02. The topological polar surface area (TPSA) is 51.0 Å². The predicted octanol–water partition coefficient (Wildman–Crippen LogP) is 1.88. The van der Waals surface area contributed by atoms with Gasteiger partial charge in [-0.3, -0.25) is 0 Å². The highest BCUT2D eigenvalue weighted by Gasteiger charge is 2.22. The third-order valence-electron chi connectivity index (χ3n) is 3.20. The molecule has 0 aliphatic carbocycles. The fraction of sp³-hybridized carbons (Fsp3) is 0.385. The van der Waals surface area contributed by atoms with Crippen molar-refractivity contribution in [1.82, 2.24) is 15.5 Å². The number of nitrogens with zero attached hydrogens (tertiary/aromatic N) is 2. The molecule has 0 saturated carbocycles. The van der Waals surface area contributed by atoms with Gasteiger partial charge in [-0.25, -0.2) is 4.39 Å². The van der Waals surface area contributed by atoms with Gasteiger partial charge in [0.25, 0.3) is 0 Å². The first-order chi connectivity index (χ1) is 8.83. The summed E-state index contributed by atoms with van der Waals surface area (Å²) in [6.07, 6.45) is 1.39. The van der Waals surface area contributed by atoms with Crippen molar-refractivity contribution < 1.29 is 8.91 Å². The molecular weight excluding hydrogens is 233 g/mol. The fourth-order valence-corrected chi connectivity index (χ4v) is 2.18. The second-order valence-electron chi connectivity index (χ2n) is 4.51. The molecule has 0 amide bonds. The maximum atomic E-state index is 13.5. The Balaban J connectivity index is 1.75. The van der Waals surface area contributed by atoms with Crippen molar-refractivity contribution in [2.75, 3.05) is 13.1 Å². The van der Waals surface area contributed by atoms with E-state index >= 15 is 0 Å². The Labute approximate surface area is 104 Å². The predicted molar refractivity (Wildman–Crippen MR) is 63.7 cm³/mol. The molecule has 4 nitrogen and oxygen atoms in total. The standard InChI is InChI=1S/C13H14FN3O/c14-11-4-2-1-3-9(11)7-12-16-13(18-17-12)10-5-6-15-8-10/h1-4,10,15H,5-8H2. The lowest BCUT2D eigenvalue weighted by Gasteiger charge is -1.99. The van der Waals surface area contributed by atoms with Crippen molar-refractivity contribution in [2.45, 2.75) is 18.8 Å². The highest BCUT2D eigenvalue weighted by molar-refractivity contribution is 5.20. The van der Waals surface area contributed by atoms with Crippen molar-refractivity contribution in [3.8, 4) is 0 Å². The number of halogens is 1. The van der Waals surface area contributed by atoms with Gasteiger partial charge in [-0.05, 0) is 24.6 Å². The fourth-order valence-electron chi connectivity index (χ4n) is 2.18. The molecular formula is C13H14FN3O. The van der Waals surface area contributed by atoms with Crippen LogP contribution in [0.15, 0.2) is 28.8 Å². The van der Waals surface area contributed by atoms with E-state index in [2.05, 4.69) is 15.5 Å². The largest absolute Gasteiger partial charge is 0.339 e. The van der Waals surface area contributed by atoms with Crippen molar-refractivity contribution in [3.63, 3.8) is 0 Å². The molecule has 1 aromatic carbocycles. The molecule has 18 heavy (non-hydrogen) atoms. The zero-order valence-electron chi connectivity index (χ0n) is 9.90. The van der Waals surface area contributed by atoms with E-state index in [1.165, 1.54) is 6.07 Å². The Morgan fingerprint density at radius 1 is 1.39 bits per heavy atom. The summed E-state index contributed by atoms with van der Waals surface area (Å²) in [7, 11) is 0. The summed E-state index contributed by atoms with van der Waals surface area (Å²) in [4.78, 5) is 4.34. The molecule has 1 saturated heterocycles. The third kappa shape index (κ3) is 2.26. The zero-order chi connectivity index (χ0) is 12.4. The molecule has 3 rings (SSSR count). The normalized spacial score (nSPS) is 19.3. The minimum atomic E-state index is -0.230. The van der Waals surface area contributed by atoms with E-state index in [0.717, 1.165) is 19.5 Å². The van der Waals surface area contributed by atoms with Crippen LogP contribution in [0.25, 0.3) is 0 Å². The van der Waals surface area contributed by atoms with Gasteiger partial charge in [-0.2, -0.15) is 4.98 Å². The SMILES string of the molecule is Fc1ccccc1Cc1noc(C2CCNC2)n1. The number of hydrogen-bond donors (Lipinski definition) is 1. The molecule has 1 atom stereocenters. The second kappa shape index (κ2) is 4.86. The highest BCUT2D eigenvalue weighted by atomic mass is 19.1. The molecule has 1 unspecified atom stereocenters. The summed E-state index contributed by atoms with van der Waals surface area (Å²) in [6, 6.07) is 6.66.